The Hall–Kier alpha value is -1.32. The van der Waals surface area contributed by atoms with E-state index in [0.29, 0.717) is 12.1 Å². The summed E-state index contributed by atoms with van der Waals surface area (Å²) in [6.07, 6.45) is 5.79. The number of hydrogen-bond donors (Lipinski definition) is 1. The van der Waals surface area contributed by atoms with E-state index in [9.17, 15) is 0 Å². The zero-order valence-electron chi connectivity index (χ0n) is 10.6. The van der Waals surface area contributed by atoms with Crippen molar-refractivity contribution in [2.75, 3.05) is 0 Å². The monoisotopic (exact) mass is 273 g/mol. The molecule has 1 fully saturated rings. The molecule has 0 saturated carbocycles. The lowest BCUT2D eigenvalue weighted by atomic mass is 10.0. The minimum Gasteiger partial charge on any atom is -0.307 e. The fourth-order valence-electron chi connectivity index (χ4n) is 3.27. The van der Waals surface area contributed by atoms with Gasteiger partial charge < -0.3 is 5.32 Å². The first kappa shape index (κ1) is 11.5. The van der Waals surface area contributed by atoms with E-state index < -0.39 is 0 Å². The second kappa shape index (κ2) is 4.36. The molecule has 1 N–H and O–H groups in total. The number of fused-ring (bicyclic) bond motifs is 4. The van der Waals surface area contributed by atoms with Gasteiger partial charge in [-0.05, 0) is 24.5 Å². The summed E-state index contributed by atoms with van der Waals surface area (Å²) in [7, 11) is 0. The Balaban J connectivity index is 1.64. The predicted octanol–water partition coefficient (Wildman–Crippen LogP) is 2.93. The van der Waals surface area contributed by atoms with E-state index >= 15 is 0 Å². The lowest BCUT2D eigenvalue weighted by Gasteiger charge is -2.19. The molecular weight excluding hydrogens is 258 g/mol. The average Bonchev–Trinajstić information content (AvgIpc) is 2.98. The van der Waals surface area contributed by atoms with Crippen LogP contribution in [0.25, 0.3) is 0 Å². The standard InChI is InChI=1S/C15H16ClN3/c16-13-4-2-1-3-10(13)8-19-9-12-14-6-5-11(17-14)7-15(12)18-19/h1-4,9,11,14,17H,5-8H2. The first-order valence-electron chi connectivity index (χ1n) is 6.85. The number of aromatic nitrogens is 2. The Morgan fingerprint density at radius 2 is 2.21 bits per heavy atom. The normalized spacial score (nSPS) is 24.5. The number of nitrogens with one attached hydrogen (secondary N) is 1. The molecule has 3 nitrogen and oxygen atoms in total. The number of halogens is 1. The van der Waals surface area contributed by atoms with Gasteiger partial charge in [0.05, 0.1) is 12.2 Å². The van der Waals surface area contributed by atoms with Crippen LogP contribution in [0.5, 0.6) is 0 Å². The highest BCUT2D eigenvalue weighted by atomic mass is 35.5. The molecule has 4 rings (SSSR count). The summed E-state index contributed by atoms with van der Waals surface area (Å²) in [5.41, 5.74) is 3.79. The molecule has 0 radical (unpaired) electrons. The lowest BCUT2D eigenvalue weighted by molar-refractivity contribution is 0.509. The van der Waals surface area contributed by atoms with Crippen molar-refractivity contribution in [2.24, 2.45) is 0 Å². The van der Waals surface area contributed by atoms with Gasteiger partial charge in [-0.1, -0.05) is 29.8 Å². The van der Waals surface area contributed by atoms with Crippen molar-refractivity contribution in [3.05, 3.63) is 52.3 Å². The first-order chi connectivity index (χ1) is 9.29. The number of rotatable bonds is 2. The van der Waals surface area contributed by atoms with Crippen molar-refractivity contribution in [1.29, 1.82) is 0 Å². The van der Waals surface area contributed by atoms with Gasteiger partial charge in [0.15, 0.2) is 0 Å². The van der Waals surface area contributed by atoms with Crippen LogP contribution >= 0.6 is 11.6 Å². The Kier molecular flexibility index (Phi) is 2.64. The summed E-state index contributed by atoms with van der Waals surface area (Å²) >= 11 is 6.21. The zero-order chi connectivity index (χ0) is 12.8. The molecule has 0 spiro atoms. The van der Waals surface area contributed by atoms with Crippen LogP contribution in [0, 0.1) is 0 Å². The van der Waals surface area contributed by atoms with E-state index in [-0.39, 0.29) is 0 Å². The first-order valence-corrected chi connectivity index (χ1v) is 7.23. The van der Waals surface area contributed by atoms with Crippen LogP contribution in [0.15, 0.2) is 30.5 Å². The van der Waals surface area contributed by atoms with Gasteiger partial charge in [0.25, 0.3) is 0 Å². The molecule has 2 aliphatic heterocycles. The van der Waals surface area contributed by atoms with Gasteiger partial charge in [-0.2, -0.15) is 5.10 Å². The second-order valence-corrected chi connectivity index (χ2v) is 5.92. The van der Waals surface area contributed by atoms with Gasteiger partial charge in [0.1, 0.15) is 0 Å². The Bertz CT molecular complexity index is 620. The molecule has 2 unspecified atom stereocenters. The number of nitrogens with zero attached hydrogens (tertiary/aromatic N) is 2. The molecule has 2 bridgehead atoms. The van der Waals surface area contributed by atoms with E-state index in [0.717, 1.165) is 23.6 Å². The van der Waals surface area contributed by atoms with E-state index in [1.807, 2.05) is 22.9 Å². The van der Waals surface area contributed by atoms with Gasteiger partial charge in [-0.15, -0.1) is 0 Å². The molecule has 0 aliphatic carbocycles. The van der Waals surface area contributed by atoms with Crippen LogP contribution in [0.3, 0.4) is 0 Å². The Labute approximate surface area is 117 Å². The third-order valence-corrected chi connectivity index (χ3v) is 4.59. The Morgan fingerprint density at radius 3 is 3.11 bits per heavy atom. The van der Waals surface area contributed by atoms with Crippen LogP contribution in [0.4, 0.5) is 0 Å². The predicted molar refractivity (Wildman–Crippen MR) is 75.4 cm³/mol. The zero-order valence-corrected chi connectivity index (χ0v) is 11.4. The summed E-state index contributed by atoms with van der Waals surface area (Å²) in [6.45, 7) is 0.754. The fraction of sp³-hybridized carbons (Fsp3) is 0.400. The molecule has 3 heterocycles. The van der Waals surface area contributed by atoms with Gasteiger partial charge in [-0.3, -0.25) is 4.68 Å². The van der Waals surface area contributed by atoms with Gasteiger partial charge in [-0.25, -0.2) is 0 Å². The molecule has 2 aromatic rings. The smallest absolute Gasteiger partial charge is 0.0688 e. The topological polar surface area (TPSA) is 29.9 Å². The van der Waals surface area contributed by atoms with E-state index in [2.05, 4.69) is 17.6 Å². The largest absolute Gasteiger partial charge is 0.307 e. The van der Waals surface area contributed by atoms with E-state index in [4.69, 9.17) is 16.7 Å². The van der Waals surface area contributed by atoms with Crippen LogP contribution in [0.1, 0.15) is 35.7 Å². The van der Waals surface area contributed by atoms with Crippen LogP contribution in [-0.4, -0.2) is 15.8 Å². The van der Waals surface area contributed by atoms with E-state index in [1.165, 1.54) is 24.1 Å². The van der Waals surface area contributed by atoms with Crippen LogP contribution < -0.4 is 5.32 Å². The summed E-state index contributed by atoms with van der Waals surface area (Å²) < 4.78 is 2.04. The summed E-state index contributed by atoms with van der Waals surface area (Å²) in [6, 6.07) is 9.14. The Morgan fingerprint density at radius 1 is 1.32 bits per heavy atom. The van der Waals surface area contributed by atoms with Gasteiger partial charge in [0, 0.05) is 35.3 Å². The molecule has 0 amide bonds. The van der Waals surface area contributed by atoms with Crippen molar-refractivity contribution in [3.8, 4) is 0 Å². The molecule has 1 aromatic heterocycles. The maximum atomic E-state index is 6.21. The molecule has 1 aromatic carbocycles. The number of hydrogen-bond acceptors (Lipinski definition) is 2. The molecule has 2 aliphatic rings. The highest BCUT2D eigenvalue weighted by Crippen LogP contribution is 2.35. The quantitative estimate of drug-likeness (QED) is 0.912. The molecule has 2 atom stereocenters. The molecule has 1 saturated heterocycles. The molecule has 98 valence electrons. The minimum absolute atomic E-state index is 0.522. The maximum absolute atomic E-state index is 6.21. The summed E-state index contributed by atoms with van der Waals surface area (Å²) in [5, 5.41) is 9.22. The molecule has 4 heteroatoms. The summed E-state index contributed by atoms with van der Waals surface area (Å²) in [5.74, 6) is 0. The van der Waals surface area contributed by atoms with Gasteiger partial charge in [0.2, 0.25) is 0 Å². The highest BCUT2D eigenvalue weighted by molar-refractivity contribution is 6.31. The third-order valence-electron chi connectivity index (χ3n) is 4.22. The molecular formula is C15H16ClN3. The minimum atomic E-state index is 0.522. The maximum Gasteiger partial charge on any atom is 0.0688 e. The van der Waals surface area contributed by atoms with E-state index in [1.54, 1.807) is 0 Å². The van der Waals surface area contributed by atoms with Crippen molar-refractivity contribution < 1.29 is 0 Å². The second-order valence-electron chi connectivity index (χ2n) is 5.52. The van der Waals surface area contributed by atoms with Crippen LogP contribution in [-0.2, 0) is 13.0 Å². The fourth-order valence-corrected chi connectivity index (χ4v) is 3.46. The average molecular weight is 274 g/mol. The third kappa shape index (κ3) is 1.97. The van der Waals surface area contributed by atoms with Crippen molar-refractivity contribution in [2.45, 2.75) is 37.9 Å². The van der Waals surface area contributed by atoms with Crippen molar-refractivity contribution in [3.63, 3.8) is 0 Å². The lowest BCUT2D eigenvalue weighted by Crippen LogP contribution is -2.31. The number of benzene rings is 1. The summed E-state index contributed by atoms with van der Waals surface area (Å²) in [4.78, 5) is 0. The highest BCUT2D eigenvalue weighted by Gasteiger charge is 2.34. The van der Waals surface area contributed by atoms with Crippen molar-refractivity contribution >= 4 is 11.6 Å². The molecule has 19 heavy (non-hydrogen) atoms. The SMILES string of the molecule is Clc1ccccc1Cn1cc2c(n1)CC1CCC2N1. The van der Waals surface area contributed by atoms with Gasteiger partial charge >= 0.3 is 0 Å². The van der Waals surface area contributed by atoms with Crippen LogP contribution in [0.2, 0.25) is 5.02 Å². The van der Waals surface area contributed by atoms with Crippen molar-refractivity contribution in [1.82, 2.24) is 15.1 Å².